The number of carbonyl (C=O) groups is 4. The Bertz CT molecular complexity index is 503. The van der Waals surface area contributed by atoms with Gasteiger partial charge in [0.25, 0.3) is 0 Å². The molecule has 0 aromatic carbocycles. The number of rotatable bonds is 10. The first-order valence-electron chi connectivity index (χ1n) is 11.1. The van der Waals surface area contributed by atoms with Gasteiger partial charge in [-0.15, -0.1) is 0 Å². The lowest BCUT2D eigenvalue weighted by atomic mass is 10.1. The molecule has 1 unspecified atom stereocenters. The van der Waals surface area contributed by atoms with Crippen molar-refractivity contribution < 1.29 is 43.6 Å². The molecule has 3 atom stereocenters. The highest BCUT2D eigenvalue weighted by Crippen LogP contribution is 2.23. The first-order valence-corrected chi connectivity index (χ1v) is 11.1. The number of hydrogen-bond acceptors (Lipinski definition) is 7. The topological polar surface area (TPSA) is 136 Å². The lowest BCUT2D eigenvalue weighted by Gasteiger charge is -2.33. The zero-order valence-electron chi connectivity index (χ0n) is 19.6. The summed E-state index contributed by atoms with van der Waals surface area (Å²) in [6.45, 7) is 9.38. The Morgan fingerprint density at radius 1 is 0.742 bits per heavy atom. The first-order chi connectivity index (χ1) is 14.6. The van der Waals surface area contributed by atoms with Gasteiger partial charge in [0.1, 0.15) is 6.10 Å². The van der Waals surface area contributed by atoms with Gasteiger partial charge in [0, 0.05) is 32.1 Å². The van der Waals surface area contributed by atoms with Crippen molar-refractivity contribution in [3.8, 4) is 0 Å². The molecule has 0 saturated carbocycles. The third-order valence-electron chi connectivity index (χ3n) is 3.96. The van der Waals surface area contributed by atoms with Gasteiger partial charge in [-0.2, -0.15) is 0 Å². The summed E-state index contributed by atoms with van der Waals surface area (Å²) in [6, 6.07) is 0. The van der Waals surface area contributed by atoms with Crippen molar-refractivity contribution in [3.63, 3.8) is 0 Å². The van der Waals surface area contributed by atoms with E-state index in [0.29, 0.717) is 38.5 Å². The van der Waals surface area contributed by atoms with Gasteiger partial charge in [-0.05, 0) is 39.0 Å². The minimum Gasteiger partial charge on any atom is -0.481 e. The Hall–Kier alpha value is -2.16. The van der Waals surface area contributed by atoms with Crippen molar-refractivity contribution >= 4 is 23.9 Å². The molecular weight excluding hydrogens is 408 g/mol. The number of esters is 2. The van der Waals surface area contributed by atoms with Crippen LogP contribution < -0.4 is 0 Å². The van der Waals surface area contributed by atoms with Crippen LogP contribution in [0.3, 0.4) is 0 Å². The molecule has 0 aromatic heterocycles. The summed E-state index contributed by atoms with van der Waals surface area (Å²) in [7, 11) is 0. The highest BCUT2D eigenvalue weighted by Gasteiger charge is 2.32. The molecule has 31 heavy (non-hydrogen) atoms. The van der Waals surface area contributed by atoms with Crippen LogP contribution in [0.4, 0.5) is 0 Å². The standard InChI is InChI=1S/C14H24O5.2C4H8O2/c1-4-6-12(15)18-11-8-9-14(17-10(11)3)19-13(16)7-5-2;2*1-2-3-4(5)6/h10-11,14H,4-9H2,1-3H3;2*2-3H2,1H3,(H,5,6)/t10-,11+,14?;;/m0../s1. The summed E-state index contributed by atoms with van der Waals surface area (Å²) in [5.41, 5.74) is 0. The molecule has 182 valence electrons. The summed E-state index contributed by atoms with van der Waals surface area (Å²) in [4.78, 5) is 42.0. The van der Waals surface area contributed by atoms with E-state index in [1.54, 1.807) is 0 Å². The molecule has 0 bridgehead atoms. The van der Waals surface area contributed by atoms with Crippen LogP contribution in [0.25, 0.3) is 0 Å². The summed E-state index contributed by atoms with van der Waals surface area (Å²) in [5, 5.41) is 15.8. The predicted molar refractivity (Wildman–Crippen MR) is 114 cm³/mol. The van der Waals surface area contributed by atoms with Crippen molar-refractivity contribution in [1.29, 1.82) is 0 Å². The zero-order chi connectivity index (χ0) is 24.2. The summed E-state index contributed by atoms with van der Waals surface area (Å²) < 4.78 is 16.1. The van der Waals surface area contributed by atoms with E-state index < -0.39 is 18.2 Å². The number of aliphatic carboxylic acids is 2. The summed E-state index contributed by atoms with van der Waals surface area (Å²) >= 11 is 0. The highest BCUT2D eigenvalue weighted by atomic mass is 16.7. The Morgan fingerprint density at radius 3 is 1.48 bits per heavy atom. The Labute approximate surface area is 185 Å². The molecule has 0 amide bonds. The number of carboxylic acid groups (broad SMARTS) is 2. The van der Waals surface area contributed by atoms with E-state index in [0.717, 1.165) is 25.7 Å². The normalized spacial score (nSPS) is 19.6. The molecule has 9 nitrogen and oxygen atoms in total. The van der Waals surface area contributed by atoms with Gasteiger partial charge < -0.3 is 24.4 Å². The molecule has 2 N–H and O–H groups in total. The van der Waals surface area contributed by atoms with Gasteiger partial charge in [-0.25, -0.2) is 0 Å². The molecule has 0 aliphatic carbocycles. The van der Waals surface area contributed by atoms with E-state index in [-0.39, 0.29) is 24.1 Å². The third kappa shape index (κ3) is 19.5. The van der Waals surface area contributed by atoms with Crippen LogP contribution in [-0.2, 0) is 33.4 Å². The molecule has 1 aliphatic heterocycles. The van der Waals surface area contributed by atoms with Gasteiger partial charge in [0.05, 0.1) is 6.10 Å². The van der Waals surface area contributed by atoms with E-state index in [4.69, 9.17) is 24.4 Å². The average Bonchev–Trinajstić information content (AvgIpc) is 2.65. The van der Waals surface area contributed by atoms with Crippen LogP contribution in [-0.4, -0.2) is 52.6 Å². The highest BCUT2D eigenvalue weighted by molar-refractivity contribution is 5.70. The molecule has 1 saturated heterocycles. The molecule has 1 fully saturated rings. The molecule has 1 rings (SSSR count). The lowest BCUT2D eigenvalue weighted by molar-refractivity contribution is -0.224. The molecular formula is C22H40O9. The third-order valence-corrected chi connectivity index (χ3v) is 3.96. The maximum absolute atomic E-state index is 11.4. The number of carboxylic acids is 2. The van der Waals surface area contributed by atoms with E-state index in [1.165, 1.54) is 0 Å². The smallest absolute Gasteiger partial charge is 0.308 e. The SMILES string of the molecule is CCCC(=O)O.CCCC(=O)O.CCCC(=O)OC1CC[C@@H](OC(=O)CCC)[C@H](C)O1. The van der Waals surface area contributed by atoms with Crippen LogP contribution in [0.5, 0.6) is 0 Å². The number of hydrogen-bond donors (Lipinski definition) is 2. The second-order valence-electron chi connectivity index (χ2n) is 7.15. The quantitative estimate of drug-likeness (QED) is 0.468. The fourth-order valence-electron chi connectivity index (χ4n) is 2.44. The van der Waals surface area contributed by atoms with Crippen molar-refractivity contribution in [2.75, 3.05) is 0 Å². The van der Waals surface area contributed by atoms with E-state index >= 15 is 0 Å². The van der Waals surface area contributed by atoms with Crippen LogP contribution in [0.15, 0.2) is 0 Å². The van der Waals surface area contributed by atoms with Crippen LogP contribution in [0.2, 0.25) is 0 Å². The van der Waals surface area contributed by atoms with Crippen molar-refractivity contribution in [2.24, 2.45) is 0 Å². The Kier molecular flexibility index (Phi) is 19.8. The first kappa shape index (κ1) is 31.0. The monoisotopic (exact) mass is 448 g/mol. The van der Waals surface area contributed by atoms with Gasteiger partial charge in [0.15, 0.2) is 0 Å². The Balaban J connectivity index is 0. The molecule has 9 heteroatoms. The van der Waals surface area contributed by atoms with Gasteiger partial charge in [-0.3, -0.25) is 19.2 Å². The fourth-order valence-corrected chi connectivity index (χ4v) is 2.44. The van der Waals surface area contributed by atoms with Crippen LogP contribution in [0.1, 0.15) is 98.8 Å². The molecule has 1 heterocycles. The lowest BCUT2D eigenvalue weighted by Crippen LogP contribution is -2.41. The van der Waals surface area contributed by atoms with E-state index in [9.17, 15) is 19.2 Å². The molecule has 0 aromatic rings. The number of carbonyl (C=O) groups excluding carboxylic acids is 2. The minimum atomic E-state index is -0.711. The zero-order valence-corrected chi connectivity index (χ0v) is 19.6. The molecule has 0 spiro atoms. The fraction of sp³-hybridized carbons (Fsp3) is 0.818. The largest absolute Gasteiger partial charge is 0.481 e. The maximum atomic E-state index is 11.4. The van der Waals surface area contributed by atoms with Gasteiger partial charge in [-0.1, -0.05) is 27.7 Å². The van der Waals surface area contributed by atoms with Crippen molar-refractivity contribution in [3.05, 3.63) is 0 Å². The Morgan fingerprint density at radius 2 is 1.16 bits per heavy atom. The van der Waals surface area contributed by atoms with Gasteiger partial charge >= 0.3 is 23.9 Å². The maximum Gasteiger partial charge on any atom is 0.308 e. The number of ether oxygens (including phenoxy) is 3. The average molecular weight is 449 g/mol. The molecule has 0 radical (unpaired) electrons. The second kappa shape index (κ2) is 19.8. The van der Waals surface area contributed by atoms with Crippen LogP contribution in [0, 0.1) is 0 Å². The van der Waals surface area contributed by atoms with Crippen molar-refractivity contribution in [2.45, 2.75) is 117 Å². The predicted octanol–water partition coefficient (Wildman–Crippen LogP) is 4.31. The van der Waals surface area contributed by atoms with Crippen molar-refractivity contribution in [1.82, 2.24) is 0 Å². The minimum absolute atomic E-state index is 0.190. The summed E-state index contributed by atoms with van der Waals surface area (Å²) in [6.07, 6.45) is 4.68. The molecule has 1 aliphatic rings. The van der Waals surface area contributed by atoms with Gasteiger partial charge in [0.2, 0.25) is 6.29 Å². The van der Waals surface area contributed by atoms with Crippen LogP contribution >= 0.6 is 0 Å². The summed E-state index contributed by atoms with van der Waals surface area (Å²) in [5.74, 6) is -1.85. The van der Waals surface area contributed by atoms with E-state index in [2.05, 4.69) is 0 Å². The van der Waals surface area contributed by atoms with E-state index in [1.807, 2.05) is 34.6 Å². The second-order valence-corrected chi connectivity index (χ2v) is 7.15.